The van der Waals surface area contributed by atoms with Crippen LogP contribution in [0.15, 0.2) is 174 Å². The standard InChI is InChI=1S/C49H30N2O/c1-2-12-29(13-3-1)47-37-24-25-44-46(45(37)36-18-4-7-21-41(36)50-47)38-20-11-19-33(49(38)52-44)31-15-10-14-30(26-31)32-27-39-34-16-5-8-22-42(34)51-43-23-9-6-17-35(43)40(28-32)48(39)51/h1-28,47,50H. The highest BCUT2D eigenvalue weighted by Gasteiger charge is 2.29. The molecule has 0 saturated heterocycles. The summed E-state index contributed by atoms with van der Waals surface area (Å²) in [6, 6.07) is 61.7. The normalized spacial score (nSPS) is 14.1. The first kappa shape index (κ1) is 27.9. The van der Waals surface area contributed by atoms with Crippen LogP contribution < -0.4 is 5.32 Å². The lowest BCUT2D eigenvalue weighted by atomic mass is 9.84. The summed E-state index contributed by atoms with van der Waals surface area (Å²) in [7, 11) is 0. The van der Waals surface area contributed by atoms with E-state index in [1.165, 1.54) is 76.9 Å². The number of hydrogen-bond acceptors (Lipinski definition) is 2. The monoisotopic (exact) mass is 662 g/mol. The molecule has 0 bridgehead atoms. The quantitative estimate of drug-likeness (QED) is 0.204. The predicted molar refractivity (Wildman–Crippen MR) is 217 cm³/mol. The number of fused-ring (bicyclic) bond motifs is 13. The Bertz CT molecular complexity index is 3140. The van der Waals surface area contributed by atoms with Gasteiger partial charge in [0.1, 0.15) is 11.2 Å². The lowest BCUT2D eigenvalue weighted by molar-refractivity contribution is 0.670. The second-order valence-electron chi connectivity index (χ2n) is 14.1. The van der Waals surface area contributed by atoms with Gasteiger partial charge in [0.05, 0.1) is 22.6 Å². The van der Waals surface area contributed by atoms with Crippen LogP contribution in [0.4, 0.5) is 5.69 Å². The van der Waals surface area contributed by atoms with Crippen molar-refractivity contribution in [1.82, 2.24) is 4.40 Å². The molecule has 0 fully saturated rings. The predicted octanol–water partition coefficient (Wildman–Crippen LogP) is 13.3. The van der Waals surface area contributed by atoms with E-state index in [0.29, 0.717) is 0 Å². The Morgan fingerprint density at radius 3 is 1.94 bits per heavy atom. The lowest BCUT2D eigenvalue weighted by Crippen LogP contribution is -2.18. The molecule has 1 atom stereocenters. The molecule has 11 aromatic rings. The summed E-state index contributed by atoms with van der Waals surface area (Å²) in [5.74, 6) is 0. The van der Waals surface area contributed by atoms with E-state index in [1.54, 1.807) is 0 Å². The second-order valence-corrected chi connectivity index (χ2v) is 14.1. The zero-order valence-corrected chi connectivity index (χ0v) is 28.1. The molecule has 3 aromatic heterocycles. The molecule has 8 aromatic carbocycles. The summed E-state index contributed by atoms with van der Waals surface area (Å²) >= 11 is 0. The summed E-state index contributed by atoms with van der Waals surface area (Å²) < 4.78 is 9.30. The average Bonchev–Trinajstić information content (AvgIpc) is 3.88. The zero-order chi connectivity index (χ0) is 33.9. The first-order valence-corrected chi connectivity index (χ1v) is 18.0. The summed E-state index contributed by atoms with van der Waals surface area (Å²) in [5.41, 5.74) is 16.4. The highest BCUT2D eigenvalue weighted by atomic mass is 16.3. The number of anilines is 1. The van der Waals surface area contributed by atoms with Crippen LogP contribution in [-0.2, 0) is 0 Å². The Hall–Kier alpha value is -6.84. The number of aromatic nitrogens is 1. The van der Waals surface area contributed by atoms with Gasteiger partial charge in [-0.2, -0.15) is 0 Å². The minimum Gasteiger partial charge on any atom is -0.455 e. The molecule has 1 N–H and O–H groups in total. The van der Waals surface area contributed by atoms with Crippen molar-refractivity contribution >= 4 is 65.7 Å². The molecule has 1 unspecified atom stereocenters. The molecule has 3 nitrogen and oxygen atoms in total. The molecule has 0 saturated carbocycles. The van der Waals surface area contributed by atoms with Gasteiger partial charge >= 0.3 is 0 Å². The van der Waals surface area contributed by atoms with E-state index in [2.05, 4.69) is 180 Å². The first-order valence-electron chi connectivity index (χ1n) is 18.0. The maximum Gasteiger partial charge on any atom is 0.143 e. The van der Waals surface area contributed by atoms with E-state index < -0.39 is 0 Å². The van der Waals surface area contributed by atoms with Crippen LogP contribution in [0.5, 0.6) is 0 Å². The van der Waals surface area contributed by atoms with Crippen LogP contribution in [0.3, 0.4) is 0 Å². The molecule has 0 amide bonds. The minimum atomic E-state index is 0.0413. The van der Waals surface area contributed by atoms with Gasteiger partial charge in [0.2, 0.25) is 0 Å². The van der Waals surface area contributed by atoms with Crippen LogP contribution in [-0.4, -0.2) is 4.40 Å². The van der Waals surface area contributed by atoms with Gasteiger partial charge in [-0.15, -0.1) is 0 Å². The number of benzene rings is 8. The third-order valence-corrected chi connectivity index (χ3v) is 11.3. The lowest BCUT2D eigenvalue weighted by Gasteiger charge is -2.30. The number of hydrogen-bond donors (Lipinski definition) is 1. The fraction of sp³-hybridized carbons (Fsp3) is 0.0204. The maximum absolute atomic E-state index is 6.86. The SMILES string of the molecule is c1ccc(C2Nc3ccccc3-c3c2ccc2oc4c(-c5cccc(-c6cc7c8ccccc8n8c9ccccc9c(c6)c78)c5)cccc4c32)cc1. The van der Waals surface area contributed by atoms with Gasteiger partial charge in [0.25, 0.3) is 0 Å². The van der Waals surface area contributed by atoms with E-state index in [1.807, 2.05) is 0 Å². The third kappa shape index (κ3) is 3.74. The van der Waals surface area contributed by atoms with Crippen molar-refractivity contribution in [3.8, 4) is 33.4 Å². The van der Waals surface area contributed by atoms with E-state index in [0.717, 1.165) is 33.4 Å². The van der Waals surface area contributed by atoms with Crippen LogP contribution in [0.2, 0.25) is 0 Å². The first-order chi connectivity index (χ1) is 25.8. The van der Waals surface area contributed by atoms with Crippen molar-refractivity contribution in [3.05, 3.63) is 181 Å². The average molecular weight is 663 g/mol. The Balaban J connectivity index is 1.07. The molecular weight excluding hydrogens is 633 g/mol. The van der Waals surface area contributed by atoms with Gasteiger partial charge in [-0.1, -0.05) is 127 Å². The van der Waals surface area contributed by atoms with Gasteiger partial charge in [0.15, 0.2) is 0 Å². The van der Waals surface area contributed by atoms with Crippen molar-refractivity contribution in [2.24, 2.45) is 0 Å². The highest BCUT2D eigenvalue weighted by Crippen LogP contribution is 2.50. The van der Waals surface area contributed by atoms with Gasteiger partial charge < -0.3 is 14.1 Å². The molecule has 0 aliphatic carbocycles. The van der Waals surface area contributed by atoms with Crippen LogP contribution >= 0.6 is 0 Å². The molecular formula is C49H30N2O. The summed E-state index contributed by atoms with van der Waals surface area (Å²) in [6.45, 7) is 0. The van der Waals surface area contributed by atoms with Gasteiger partial charge in [0, 0.05) is 54.7 Å². The van der Waals surface area contributed by atoms with Crippen molar-refractivity contribution < 1.29 is 4.42 Å². The summed E-state index contributed by atoms with van der Waals surface area (Å²) in [4.78, 5) is 0. The Kier molecular flexibility index (Phi) is 5.56. The summed E-state index contributed by atoms with van der Waals surface area (Å²) in [5, 5.41) is 11.3. The largest absolute Gasteiger partial charge is 0.455 e. The smallest absolute Gasteiger partial charge is 0.143 e. The third-order valence-electron chi connectivity index (χ3n) is 11.3. The number of furan rings is 1. The van der Waals surface area contributed by atoms with E-state index in [-0.39, 0.29) is 6.04 Å². The Morgan fingerprint density at radius 2 is 1.13 bits per heavy atom. The van der Waals surface area contributed by atoms with Gasteiger partial charge in [-0.25, -0.2) is 0 Å². The molecule has 4 heterocycles. The maximum atomic E-state index is 6.86. The van der Waals surface area contributed by atoms with Gasteiger partial charge in [-0.3, -0.25) is 0 Å². The fourth-order valence-corrected chi connectivity index (χ4v) is 9.11. The summed E-state index contributed by atoms with van der Waals surface area (Å²) in [6.07, 6.45) is 0. The van der Waals surface area contributed by atoms with E-state index in [9.17, 15) is 0 Å². The van der Waals surface area contributed by atoms with Crippen LogP contribution in [0.1, 0.15) is 17.2 Å². The molecule has 1 aliphatic rings. The molecule has 0 radical (unpaired) electrons. The van der Waals surface area contributed by atoms with Crippen molar-refractivity contribution in [3.63, 3.8) is 0 Å². The van der Waals surface area contributed by atoms with Crippen LogP contribution in [0, 0.1) is 0 Å². The molecule has 0 spiro atoms. The second kappa shape index (κ2) is 10.3. The molecule has 242 valence electrons. The molecule has 12 rings (SSSR count). The zero-order valence-electron chi connectivity index (χ0n) is 28.1. The number of para-hydroxylation sites is 4. The fourth-order valence-electron chi connectivity index (χ4n) is 9.11. The molecule has 1 aliphatic heterocycles. The Morgan fingerprint density at radius 1 is 0.481 bits per heavy atom. The van der Waals surface area contributed by atoms with Crippen molar-refractivity contribution in [1.29, 1.82) is 0 Å². The van der Waals surface area contributed by atoms with Gasteiger partial charge in [-0.05, 0) is 70.3 Å². The van der Waals surface area contributed by atoms with Crippen molar-refractivity contribution in [2.45, 2.75) is 6.04 Å². The Labute approximate surface area is 299 Å². The number of nitrogens with one attached hydrogen (secondary N) is 1. The van der Waals surface area contributed by atoms with E-state index >= 15 is 0 Å². The minimum absolute atomic E-state index is 0.0413. The molecule has 3 heteroatoms. The number of rotatable bonds is 3. The van der Waals surface area contributed by atoms with E-state index in [4.69, 9.17) is 4.42 Å². The highest BCUT2D eigenvalue weighted by molar-refractivity contribution is 6.24. The topological polar surface area (TPSA) is 29.6 Å². The van der Waals surface area contributed by atoms with Crippen molar-refractivity contribution in [2.75, 3.05) is 5.32 Å². The van der Waals surface area contributed by atoms with Crippen LogP contribution in [0.25, 0.3) is 93.4 Å². The number of nitrogens with zero attached hydrogens (tertiary/aromatic N) is 1. The molecule has 52 heavy (non-hydrogen) atoms.